The first kappa shape index (κ1) is 25.0. The molecule has 0 spiro atoms. The van der Waals surface area contributed by atoms with Crippen LogP contribution in [0.1, 0.15) is 70.3 Å². The molecule has 184 valence electrons. The van der Waals surface area contributed by atoms with Gasteiger partial charge in [0.05, 0.1) is 12.5 Å². The van der Waals surface area contributed by atoms with Crippen LogP contribution in [0.15, 0.2) is 54.6 Å². The van der Waals surface area contributed by atoms with Crippen molar-refractivity contribution in [2.45, 2.75) is 71.1 Å². The summed E-state index contributed by atoms with van der Waals surface area (Å²) in [6.07, 6.45) is 9.05. The van der Waals surface area contributed by atoms with Gasteiger partial charge in [-0.3, -0.25) is 9.59 Å². The maximum absolute atomic E-state index is 12.2. The fourth-order valence-electron chi connectivity index (χ4n) is 5.08. The number of carbonyl (C=O) groups excluding carboxylic acids is 1. The third-order valence-electron chi connectivity index (χ3n) is 7.16. The Morgan fingerprint density at radius 1 is 0.771 bits per heavy atom. The Hall–Kier alpha value is -3.14. The number of rotatable bonds is 14. The highest BCUT2D eigenvalue weighted by Crippen LogP contribution is 2.36. The molecule has 0 amide bonds. The van der Waals surface area contributed by atoms with Crippen LogP contribution in [0, 0.1) is 5.92 Å². The van der Waals surface area contributed by atoms with Crippen molar-refractivity contribution in [2.75, 3.05) is 6.61 Å². The number of carbonyl (C=O) groups is 2. The maximum Gasteiger partial charge on any atom is 0.306 e. The highest BCUT2D eigenvalue weighted by Gasteiger charge is 2.12. The number of unbranched alkanes of at least 4 members (excludes halogenated alkanes) is 5. The van der Waals surface area contributed by atoms with Crippen LogP contribution in [0.4, 0.5) is 0 Å². The molecule has 4 aromatic carbocycles. The summed E-state index contributed by atoms with van der Waals surface area (Å²) < 4.78 is 5.44. The second kappa shape index (κ2) is 12.0. The predicted molar refractivity (Wildman–Crippen MR) is 143 cm³/mol. The Kier molecular flexibility index (Phi) is 8.57. The summed E-state index contributed by atoms with van der Waals surface area (Å²) in [6, 6.07) is 19.7. The van der Waals surface area contributed by atoms with Gasteiger partial charge in [0.25, 0.3) is 0 Å². The predicted octanol–water partition coefficient (Wildman–Crippen LogP) is 7.90. The van der Waals surface area contributed by atoms with Gasteiger partial charge in [-0.2, -0.15) is 0 Å². The summed E-state index contributed by atoms with van der Waals surface area (Å²) in [5, 5.41) is 16.7. The van der Waals surface area contributed by atoms with Crippen molar-refractivity contribution in [2.24, 2.45) is 5.92 Å². The molecule has 0 aliphatic carbocycles. The van der Waals surface area contributed by atoms with Gasteiger partial charge in [0, 0.05) is 6.42 Å². The number of carboxylic acid groups (broad SMARTS) is 1. The highest BCUT2D eigenvalue weighted by atomic mass is 16.5. The van der Waals surface area contributed by atoms with Crippen LogP contribution in [-0.2, 0) is 20.7 Å². The number of ether oxygens (including phenoxy) is 1. The molecule has 0 aromatic heterocycles. The summed E-state index contributed by atoms with van der Waals surface area (Å²) in [7, 11) is 0. The number of carboxylic acids is 1. The fraction of sp³-hybridized carbons (Fsp3) is 0.419. The zero-order valence-electron chi connectivity index (χ0n) is 20.7. The molecular formula is C31H36O4. The molecule has 0 saturated heterocycles. The van der Waals surface area contributed by atoms with Crippen LogP contribution in [0.5, 0.6) is 0 Å². The van der Waals surface area contributed by atoms with Crippen LogP contribution < -0.4 is 0 Å². The molecule has 0 fully saturated rings. The lowest BCUT2D eigenvalue weighted by Crippen LogP contribution is -2.08. The molecule has 0 aliphatic heterocycles. The van der Waals surface area contributed by atoms with Crippen LogP contribution in [-0.4, -0.2) is 23.7 Å². The van der Waals surface area contributed by atoms with Crippen molar-refractivity contribution in [1.82, 2.24) is 0 Å². The molecule has 4 rings (SSSR count). The van der Waals surface area contributed by atoms with Crippen molar-refractivity contribution in [1.29, 1.82) is 0 Å². The molecule has 4 nitrogen and oxygen atoms in total. The van der Waals surface area contributed by atoms with E-state index in [0.29, 0.717) is 13.0 Å². The molecule has 0 bridgehead atoms. The molecule has 4 aromatic rings. The third kappa shape index (κ3) is 6.30. The third-order valence-corrected chi connectivity index (χ3v) is 7.16. The average Bonchev–Trinajstić information content (AvgIpc) is 2.86. The molecule has 1 atom stereocenters. The number of esters is 1. The first-order valence-corrected chi connectivity index (χ1v) is 13.1. The number of aryl methyl sites for hydroxylation is 1. The summed E-state index contributed by atoms with van der Waals surface area (Å²) in [5.41, 5.74) is 1.29. The minimum Gasteiger partial charge on any atom is -0.481 e. The van der Waals surface area contributed by atoms with Crippen LogP contribution in [0.2, 0.25) is 0 Å². The average molecular weight is 473 g/mol. The van der Waals surface area contributed by atoms with Crippen LogP contribution in [0.3, 0.4) is 0 Å². The SMILES string of the molecule is CC(CCCCCCCCOC(=O)CCCc1ccc2ccc3cccc4ccc1c2c34)C(=O)O. The molecule has 1 unspecified atom stereocenters. The Labute approximate surface area is 207 Å². The van der Waals surface area contributed by atoms with E-state index in [9.17, 15) is 9.59 Å². The van der Waals surface area contributed by atoms with E-state index in [0.717, 1.165) is 57.8 Å². The number of hydrogen-bond donors (Lipinski definition) is 1. The lowest BCUT2D eigenvalue weighted by molar-refractivity contribution is -0.144. The van der Waals surface area contributed by atoms with Gasteiger partial charge in [-0.05, 0) is 63.6 Å². The quantitative estimate of drug-likeness (QED) is 0.115. The zero-order chi connectivity index (χ0) is 24.6. The van der Waals surface area contributed by atoms with Gasteiger partial charge in [-0.25, -0.2) is 0 Å². The van der Waals surface area contributed by atoms with E-state index in [1.807, 2.05) is 0 Å². The van der Waals surface area contributed by atoms with E-state index in [1.165, 1.54) is 37.9 Å². The number of aliphatic carboxylic acids is 1. The molecule has 0 saturated carbocycles. The summed E-state index contributed by atoms with van der Waals surface area (Å²) >= 11 is 0. The summed E-state index contributed by atoms with van der Waals surface area (Å²) in [4.78, 5) is 23.0. The summed E-state index contributed by atoms with van der Waals surface area (Å²) in [5.74, 6) is -1.06. The normalized spacial score (nSPS) is 12.5. The molecule has 0 aliphatic rings. The molecule has 0 radical (unpaired) electrons. The van der Waals surface area contributed by atoms with Gasteiger partial charge in [0.15, 0.2) is 0 Å². The standard InChI is InChI=1S/C31H36O4/c1-22(31(33)34)10-6-4-2-3-5-7-21-35-28(32)14-9-11-23-15-16-26-18-17-24-12-8-13-25-19-20-27(23)30(26)29(24)25/h8,12-13,15-20,22H,2-7,9-11,14,21H2,1H3,(H,33,34). The number of hydrogen-bond acceptors (Lipinski definition) is 3. The first-order valence-electron chi connectivity index (χ1n) is 13.1. The smallest absolute Gasteiger partial charge is 0.306 e. The molecule has 0 heterocycles. The minimum atomic E-state index is -0.706. The Morgan fingerprint density at radius 2 is 1.40 bits per heavy atom. The largest absolute Gasteiger partial charge is 0.481 e. The van der Waals surface area contributed by atoms with E-state index in [4.69, 9.17) is 9.84 Å². The van der Waals surface area contributed by atoms with E-state index in [-0.39, 0.29) is 11.9 Å². The Morgan fingerprint density at radius 3 is 2.14 bits per heavy atom. The minimum absolute atomic E-state index is 0.106. The van der Waals surface area contributed by atoms with Crippen molar-refractivity contribution in [3.63, 3.8) is 0 Å². The monoisotopic (exact) mass is 472 g/mol. The van der Waals surface area contributed by atoms with Gasteiger partial charge in [-0.15, -0.1) is 0 Å². The zero-order valence-corrected chi connectivity index (χ0v) is 20.7. The van der Waals surface area contributed by atoms with E-state index in [1.54, 1.807) is 6.92 Å². The van der Waals surface area contributed by atoms with Gasteiger partial charge in [0.1, 0.15) is 0 Å². The van der Waals surface area contributed by atoms with Crippen molar-refractivity contribution >= 4 is 44.3 Å². The van der Waals surface area contributed by atoms with Crippen molar-refractivity contribution in [3.8, 4) is 0 Å². The van der Waals surface area contributed by atoms with Gasteiger partial charge < -0.3 is 9.84 Å². The van der Waals surface area contributed by atoms with Gasteiger partial charge in [0.2, 0.25) is 0 Å². The van der Waals surface area contributed by atoms with Crippen LogP contribution in [0.25, 0.3) is 32.3 Å². The van der Waals surface area contributed by atoms with Crippen LogP contribution >= 0.6 is 0 Å². The van der Waals surface area contributed by atoms with Crippen molar-refractivity contribution < 1.29 is 19.4 Å². The number of benzene rings is 4. The second-order valence-corrected chi connectivity index (χ2v) is 9.80. The van der Waals surface area contributed by atoms with Gasteiger partial charge in [-0.1, -0.05) is 93.6 Å². The molecule has 35 heavy (non-hydrogen) atoms. The van der Waals surface area contributed by atoms with E-state index >= 15 is 0 Å². The summed E-state index contributed by atoms with van der Waals surface area (Å²) in [6.45, 7) is 2.26. The Bertz CT molecular complexity index is 1260. The molecule has 4 heteroatoms. The molecule has 1 N–H and O–H groups in total. The van der Waals surface area contributed by atoms with E-state index < -0.39 is 5.97 Å². The first-order chi connectivity index (χ1) is 17.0. The van der Waals surface area contributed by atoms with Gasteiger partial charge >= 0.3 is 11.9 Å². The van der Waals surface area contributed by atoms with E-state index in [2.05, 4.69) is 54.6 Å². The molecular weight excluding hydrogens is 436 g/mol. The Balaban J connectivity index is 1.16. The lowest BCUT2D eigenvalue weighted by atomic mass is 9.90. The fourth-order valence-corrected chi connectivity index (χ4v) is 5.08. The maximum atomic E-state index is 12.2. The van der Waals surface area contributed by atoms with Crippen molar-refractivity contribution in [3.05, 3.63) is 60.2 Å². The lowest BCUT2D eigenvalue weighted by Gasteiger charge is -2.14. The highest BCUT2D eigenvalue weighted by molar-refractivity contribution is 6.23. The second-order valence-electron chi connectivity index (χ2n) is 9.80. The topological polar surface area (TPSA) is 63.6 Å².